The van der Waals surface area contributed by atoms with Gasteiger partial charge in [0.2, 0.25) is 0 Å². The first kappa shape index (κ1) is 15.9. The van der Waals surface area contributed by atoms with E-state index in [0.717, 1.165) is 23.7 Å². The van der Waals surface area contributed by atoms with Crippen LogP contribution in [0.5, 0.6) is 0 Å². The summed E-state index contributed by atoms with van der Waals surface area (Å²) < 4.78 is 0. The number of benzene rings is 2. The van der Waals surface area contributed by atoms with Crippen molar-refractivity contribution in [2.45, 2.75) is 19.8 Å². The molecular formula is C17H17BrCl2. The van der Waals surface area contributed by atoms with Gasteiger partial charge in [-0.15, -0.1) is 0 Å². The molecule has 0 aliphatic rings. The molecular weight excluding hydrogens is 355 g/mol. The summed E-state index contributed by atoms with van der Waals surface area (Å²) in [6.07, 6.45) is 1.97. The molecule has 0 amide bonds. The topological polar surface area (TPSA) is 0 Å². The standard InChI is InChI=1S/C17H17BrCl2/c1-12-4-2-5-13(8-12)9-14(11-18)10-15-6-3-7-16(19)17(15)20/h2-8,14H,9-11H2,1H3. The summed E-state index contributed by atoms with van der Waals surface area (Å²) in [5.41, 5.74) is 3.79. The highest BCUT2D eigenvalue weighted by molar-refractivity contribution is 9.09. The first-order valence-corrected chi connectivity index (χ1v) is 8.52. The predicted molar refractivity (Wildman–Crippen MR) is 92.3 cm³/mol. The average Bonchev–Trinajstić information content (AvgIpc) is 2.43. The number of hydrogen-bond donors (Lipinski definition) is 0. The summed E-state index contributed by atoms with van der Waals surface area (Å²) in [5, 5.41) is 2.27. The van der Waals surface area contributed by atoms with Crippen molar-refractivity contribution < 1.29 is 0 Å². The highest BCUT2D eigenvalue weighted by Crippen LogP contribution is 2.28. The van der Waals surface area contributed by atoms with Gasteiger partial charge in [0.1, 0.15) is 0 Å². The first-order valence-electron chi connectivity index (χ1n) is 6.64. The molecule has 0 nitrogen and oxygen atoms in total. The van der Waals surface area contributed by atoms with Crippen LogP contribution in [-0.2, 0) is 12.8 Å². The zero-order chi connectivity index (χ0) is 14.5. The van der Waals surface area contributed by atoms with Gasteiger partial charge in [-0.3, -0.25) is 0 Å². The second-order valence-electron chi connectivity index (χ2n) is 5.13. The van der Waals surface area contributed by atoms with E-state index in [2.05, 4.69) is 53.2 Å². The van der Waals surface area contributed by atoms with Crippen LogP contribution in [0.15, 0.2) is 42.5 Å². The number of halogens is 3. The lowest BCUT2D eigenvalue weighted by molar-refractivity contribution is 0.591. The fraction of sp³-hybridized carbons (Fsp3) is 0.294. The zero-order valence-electron chi connectivity index (χ0n) is 11.4. The Kier molecular flexibility index (Phi) is 5.95. The van der Waals surface area contributed by atoms with Crippen LogP contribution >= 0.6 is 39.1 Å². The van der Waals surface area contributed by atoms with Crippen LogP contribution in [-0.4, -0.2) is 5.33 Å². The number of alkyl halides is 1. The lowest BCUT2D eigenvalue weighted by Gasteiger charge is -2.16. The average molecular weight is 372 g/mol. The van der Waals surface area contributed by atoms with E-state index >= 15 is 0 Å². The van der Waals surface area contributed by atoms with Crippen LogP contribution in [0.25, 0.3) is 0 Å². The van der Waals surface area contributed by atoms with Crippen molar-refractivity contribution in [3.05, 3.63) is 69.2 Å². The van der Waals surface area contributed by atoms with Crippen molar-refractivity contribution in [2.75, 3.05) is 5.33 Å². The first-order chi connectivity index (χ1) is 9.60. The Morgan fingerprint density at radius 2 is 1.80 bits per heavy atom. The van der Waals surface area contributed by atoms with Crippen LogP contribution in [0.1, 0.15) is 16.7 Å². The number of rotatable bonds is 5. The van der Waals surface area contributed by atoms with E-state index < -0.39 is 0 Å². The van der Waals surface area contributed by atoms with Gasteiger partial charge >= 0.3 is 0 Å². The molecule has 0 bridgehead atoms. The van der Waals surface area contributed by atoms with Crippen LogP contribution < -0.4 is 0 Å². The van der Waals surface area contributed by atoms with E-state index in [4.69, 9.17) is 23.2 Å². The minimum absolute atomic E-state index is 0.507. The minimum Gasteiger partial charge on any atom is -0.0925 e. The molecule has 0 radical (unpaired) electrons. The fourth-order valence-corrected chi connectivity index (χ4v) is 3.23. The monoisotopic (exact) mass is 370 g/mol. The van der Waals surface area contributed by atoms with Gasteiger partial charge in [0.25, 0.3) is 0 Å². The SMILES string of the molecule is Cc1cccc(CC(CBr)Cc2cccc(Cl)c2Cl)c1. The number of aryl methyl sites for hydroxylation is 1. The third-order valence-electron chi connectivity index (χ3n) is 3.37. The summed E-state index contributed by atoms with van der Waals surface area (Å²) in [4.78, 5) is 0. The van der Waals surface area contributed by atoms with Crippen molar-refractivity contribution in [2.24, 2.45) is 5.92 Å². The summed E-state index contributed by atoms with van der Waals surface area (Å²) in [6.45, 7) is 2.13. The molecule has 20 heavy (non-hydrogen) atoms. The summed E-state index contributed by atoms with van der Waals surface area (Å²) in [7, 11) is 0. The molecule has 2 aromatic rings. The van der Waals surface area contributed by atoms with Gasteiger partial charge in [-0.25, -0.2) is 0 Å². The summed E-state index contributed by atoms with van der Waals surface area (Å²) in [6, 6.07) is 14.5. The van der Waals surface area contributed by atoms with E-state index in [0.29, 0.717) is 16.0 Å². The third-order valence-corrected chi connectivity index (χ3v) is 5.14. The molecule has 1 atom stereocenters. The predicted octanol–water partition coefficient (Wildman–Crippen LogP) is 6.10. The minimum atomic E-state index is 0.507. The van der Waals surface area contributed by atoms with E-state index in [1.807, 2.05) is 12.1 Å². The molecule has 2 aromatic carbocycles. The van der Waals surface area contributed by atoms with Gasteiger partial charge in [0, 0.05) is 5.33 Å². The van der Waals surface area contributed by atoms with Crippen LogP contribution in [0.3, 0.4) is 0 Å². The van der Waals surface area contributed by atoms with Crippen LogP contribution in [0.2, 0.25) is 10.0 Å². The lowest BCUT2D eigenvalue weighted by atomic mass is 9.93. The zero-order valence-corrected chi connectivity index (χ0v) is 14.5. The van der Waals surface area contributed by atoms with Crippen molar-refractivity contribution in [1.82, 2.24) is 0 Å². The molecule has 2 rings (SSSR count). The quantitative estimate of drug-likeness (QED) is 0.557. The van der Waals surface area contributed by atoms with Crippen molar-refractivity contribution in [3.8, 4) is 0 Å². The molecule has 106 valence electrons. The highest BCUT2D eigenvalue weighted by atomic mass is 79.9. The Bertz CT molecular complexity index is 581. The van der Waals surface area contributed by atoms with Crippen molar-refractivity contribution in [3.63, 3.8) is 0 Å². The lowest BCUT2D eigenvalue weighted by Crippen LogP contribution is -2.10. The Balaban J connectivity index is 2.11. The second kappa shape index (κ2) is 7.49. The Hall–Kier alpha value is -0.500. The Morgan fingerprint density at radius 1 is 1.05 bits per heavy atom. The molecule has 0 fully saturated rings. The molecule has 0 saturated carbocycles. The van der Waals surface area contributed by atoms with Crippen molar-refractivity contribution >= 4 is 39.1 Å². The maximum Gasteiger partial charge on any atom is 0.0624 e. The normalized spacial score (nSPS) is 12.4. The van der Waals surface area contributed by atoms with Crippen LogP contribution in [0, 0.1) is 12.8 Å². The van der Waals surface area contributed by atoms with Crippen LogP contribution in [0.4, 0.5) is 0 Å². The van der Waals surface area contributed by atoms with E-state index in [-0.39, 0.29) is 0 Å². The molecule has 0 aliphatic carbocycles. The molecule has 0 aliphatic heterocycles. The van der Waals surface area contributed by atoms with E-state index in [1.54, 1.807) is 0 Å². The Morgan fingerprint density at radius 3 is 2.50 bits per heavy atom. The van der Waals surface area contributed by atoms with Gasteiger partial charge in [-0.2, -0.15) is 0 Å². The van der Waals surface area contributed by atoms with Gasteiger partial charge in [-0.05, 0) is 42.9 Å². The summed E-state index contributed by atoms with van der Waals surface area (Å²) >= 11 is 16.0. The van der Waals surface area contributed by atoms with Gasteiger partial charge in [-0.1, -0.05) is 81.1 Å². The molecule has 1 unspecified atom stereocenters. The molecule has 0 aromatic heterocycles. The molecule has 0 spiro atoms. The van der Waals surface area contributed by atoms with Gasteiger partial charge < -0.3 is 0 Å². The van der Waals surface area contributed by atoms with Gasteiger partial charge in [0.15, 0.2) is 0 Å². The maximum absolute atomic E-state index is 6.28. The Labute approximate surface area is 139 Å². The van der Waals surface area contributed by atoms with E-state index in [1.165, 1.54) is 11.1 Å². The molecule has 3 heteroatoms. The second-order valence-corrected chi connectivity index (χ2v) is 6.56. The molecule has 0 N–H and O–H groups in total. The largest absolute Gasteiger partial charge is 0.0925 e. The smallest absolute Gasteiger partial charge is 0.0624 e. The molecule has 0 heterocycles. The summed E-state index contributed by atoms with van der Waals surface area (Å²) in [5.74, 6) is 0.507. The fourth-order valence-electron chi connectivity index (χ4n) is 2.37. The highest BCUT2D eigenvalue weighted by Gasteiger charge is 2.13. The van der Waals surface area contributed by atoms with Crippen molar-refractivity contribution in [1.29, 1.82) is 0 Å². The van der Waals surface area contributed by atoms with Gasteiger partial charge in [0.05, 0.1) is 10.0 Å². The number of hydrogen-bond acceptors (Lipinski definition) is 0. The molecule has 0 saturated heterocycles. The third kappa shape index (κ3) is 4.25. The van der Waals surface area contributed by atoms with E-state index in [9.17, 15) is 0 Å². The maximum atomic E-state index is 6.28.